The van der Waals surface area contributed by atoms with Gasteiger partial charge in [0.25, 0.3) is 0 Å². The minimum Gasteiger partial charge on any atom is -0.462 e. The van der Waals surface area contributed by atoms with Crippen LogP contribution in [0.2, 0.25) is 0 Å². The van der Waals surface area contributed by atoms with Gasteiger partial charge in [-0.2, -0.15) is 0 Å². The maximum atomic E-state index is 12.4. The van der Waals surface area contributed by atoms with Gasteiger partial charge in [0.2, 0.25) is 0 Å². The van der Waals surface area contributed by atoms with Crippen LogP contribution < -0.4 is 0 Å². The summed E-state index contributed by atoms with van der Waals surface area (Å²) in [6.07, 6.45) is 3.14. The molecule has 1 saturated heterocycles. The van der Waals surface area contributed by atoms with Crippen LogP contribution in [0.3, 0.4) is 0 Å². The zero-order chi connectivity index (χ0) is 16.5. The lowest BCUT2D eigenvalue weighted by Gasteiger charge is -2.30. The molecule has 1 amide bonds. The van der Waals surface area contributed by atoms with E-state index in [0.29, 0.717) is 25.9 Å². The Hall–Kier alpha value is -1.52. The Balaban J connectivity index is 1.84. The van der Waals surface area contributed by atoms with Crippen molar-refractivity contribution in [1.29, 1.82) is 0 Å². The molecule has 5 nitrogen and oxygen atoms in total. The summed E-state index contributed by atoms with van der Waals surface area (Å²) in [6.45, 7) is 9.50. The molecule has 1 saturated carbocycles. The number of esters is 1. The summed E-state index contributed by atoms with van der Waals surface area (Å²) in [5.41, 5.74) is 1.22. The summed E-state index contributed by atoms with van der Waals surface area (Å²) in [5, 5.41) is 0. The van der Waals surface area contributed by atoms with Crippen molar-refractivity contribution in [1.82, 2.24) is 4.90 Å². The lowest BCUT2D eigenvalue weighted by atomic mass is 10.1. The number of ether oxygens (including phenoxy) is 2. The number of rotatable bonds is 3. The van der Waals surface area contributed by atoms with Crippen molar-refractivity contribution in [3.63, 3.8) is 0 Å². The third-order valence-corrected chi connectivity index (χ3v) is 4.84. The number of hydrogen-bond donors (Lipinski definition) is 0. The molecule has 2 aliphatic rings. The normalized spacial score (nSPS) is 27.0. The van der Waals surface area contributed by atoms with Crippen molar-refractivity contribution in [2.24, 2.45) is 17.3 Å². The van der Waals surface area contributed by atoms with Crippen LogP contribution >= 0.6 is 0 Å². The monoisotopic (exact) mass is 309 g/mol. The summed E-state index contributed by atoms with van der Waals surface area (Å²) < 4.78 is 10.4. The number of amides is 1. The van der Waals surface area contributed by atoms with E-state index in [0.717, 1.165) is 0 Å². The lowest BCUT2D eigenvalue weighted by Crippen LogP contribution is -2.41. The zero-order valence-electron chi connectivity index (χ0n) is 14.2. The summed E-state index contributed by atoms with van der Waals surface area (Å²) in [5.74, 6) is 0.144. The quantitative estimate of drug-likeness (QED) is 0.594. The van der Waals surface area contributed by atoms with Crippen LogP contribution in [-0.4, -0.2) is 43.3 Å². The van der Waals surface area contributed by atoms with Gasteiger partial charge in [-0.15, -0.1) is 0 Å². The minimum atomic E-state index is -0.309. The highest BCUT2D eigenvalue weighted by atomic mass is 16.6. The number of nitrogens with zero attached hydrogens (tertiary/aromatic N) is 1. The summed E-state index contributed by atoms with van der Waals surface area (Å²) in [4.78, 5) is 25.5. The average Bonchev–Trinajstić information content (AvgIpc) is 2.99. The van der Waals surface area contributed by atoms with Crippen LogP contribution in [0.5, 0.6) is 0 Å². The first-order chi connectivity index (χ1) is 10.3. The third-order valence-electron chi connectivity index (χ3n) is 4.84. The summed E-state index contributed by atoms with van der Waals surface area (Å²) in [7, 11) is 1.38. The molecular formula is C17H27NO4. The number of carbonyl (C=O) groups is 2. The molecule has 22 heavy (non-hydrogen) atoms. The molecule has 2 fully saturated rings. The van der Waals surface area contributed by atoms with E-state index in [9.17, 15) is 9.59 Å². The smallest absolute Gasteiger partial charge is 0.409 e. The number of carbonyl (C=O) groups excluding carboxylic acids is 2. The number of allylic oxidation sites excluding steroid dienone is 2. The summed E-state index contributed by atoms with van der Waals surface area (Å²) in [6, 6.07) is 0. The van der Waals surface area contributed by atoms with Crippen molar-refractivity contribution in [2.75, 3.05) is 20.2 Å². The van der Waals surface area contributed by atoms with Gasteiger partial charge >= 0.3 is 12.1 Å². The Morgan fingerprint density at radius 3 is 2.27 bits per heavy atom. The van der Waals surface area contributed by atoms with Crippen LogP contribution in [0, 0.1) is 17.3 Å². The number of hydrogen-bond acceptors (Lipinski definition) is 4. The Labute approximate surface area is 132 Å². The molecule has 124 valence electrons. The second kappa shape index (κ2) is 6.31. The molecule has 0 aromatic heterocycles. The first-order valence-electron chi connectivity index (χ1n) is 7.95. The van der Waals surface area contributed by atoms with Crippen LogP contribution in [0.1, 0.15) is 40.5 Å². The Morgan fingerprint density at radius 1 is 1.18 bits per heavy atom. The number of piperidine rings is 1. The molecule has 0 spiro atoms. The molecule has 0 aromatic carbocycles. The molecule has 2 atom stereocenters. The van der Waals surface area contributed by atoms with Crippen molar-refractivity contribution in [3.8, 4) is 0 Å². The van der Waals surface area contributed by atoms with E-state index in [1.54, 1.807) is 4.90 Å². The van der Waals surface area contributed by atoms with Gasteiger partial charge in [0.05, 0.1) is 13.0 Å². The highest BCUT2D eigenvalue weighted by Gasteiger charge is 2.61. The number of methoxy groups -OCH3 is 1. The molecule has 2 rings (SSSR count). The van der Waals surface area contributed by atoms with E-state index >= 15 is 0 Å². The molecular weight excluding hydrogens is 282 g/mol. The van der Waals surface area contributed by atoms with E-state index in [-0.39, 0.29) is 35.4 Å². The molecule has 1 aliphatic carbocycles. The molecule has 0 unspecified atom stereocenters. The van der Waals surface area contributed by atoms with E-state index in [1.165, 1.54) is 12.7 Å². The van der Waals surface area contributed by atoms with Crippen LogP contribution in [-0.2, 0) is 14.3 Å². The molecule has 0 aromatic rings. The molecule has 5 heteroatoms. The second-order valence-electron chi connectivity index (χ2n) is 7.16. The molecule has 0 N–H and O–H groups in total. The van der Waals surface area contributed by atoms with E-state index in [4.69, 9.17) is 9.47 Å². The second-order valence-corrected chi connectivity index (χ2v) is 7.16. The van der Waals surface area contributed by atoms with Gasteiger partial charge in [-0.05, 0) is 25.2 Å². The maximum Gasteiger partial charge on any atom is 0.409 e. The molecule has 0 bridgehead atoms. The highest BCUT2D eigenvalue weighted by molar-refractivity contribution is 5.78. The van der Waals surface area contributed by atoms with Gasteiger partial charge in [0.1, 0.15) is 6.10 Å². The van der Waals surface area contributed by atoms with E-state index < -0.39 is 0 Å². The van der Waals surface area contributed by atoms with Gasteiger partial charge in [0.15, 0.2) is 0 Å². The van der Waals surface area contributed by atoms with Gasteiger partial charge < -0.3 is 14.4 Å². The number of likely N-dealkylation sites (tertiary alicyclic amines) is 1. The predicted molar refractivity (Wildman–Crippen MR) is 83.3 cm³/mol. The predicted octanol–water partition coefficient (Wildman–Crippen LogP) is 3.00. The SMILES string of the molecule is COC(=O)N1CCC(OC(=O)[C@H]2[C@H](C=C(C)C)C2(C)C)CC1. The maximum absolute atomic E-state index is 12.4. The Kier molecular flexibility index (Phi) is 4.83. The third kappa shape index (κ3) is 3.45. The topological polar surface area (TPSA) is 55.8 Å². The lowest BCUT2D eigenvalue weighted by molar-refractivity contribution is -0.153. The van der Waals surface area contributed by atoms with Crippen molar-refractivity contribution < 1.29 is 19.1 Å². The zero-order valence-corrected chi connectivity index (χ0v) is 14.2. The summed E-state index contributed by atoms with van der Waals surface area (Å²) >= 11 is 0. The standard InChI is InChI=1S/C17H27NO4/c1-11(2)10-13-14(17(13,3)4)15(19)22-12-6-8-18(9-7-12)16(20)21-5/h10,12-14H,6-9H2,1-5H3/t13-,14+/m0/s1. The fourth-order valence-corrected chi connectivity index (χ4v) is 3.32. The Morgan fingerprint density at radius 2 is 1.77 bits per heavy atom. The van der Waals surface area contributed by atoms with Crippen LogP contribution in [0.4, 0.5) is 4.79 Å². The van der Waals surface area contributed by atoms with Crippen molar-refractivity contribution in [2.45, 2.75) is 46.6 Å². The molecule has 0 radical (unpaired) electrons. The van der Waals surface area contributed by atoms with Crippen LogP contribution in [0.15, 0.2) is 11.6 Å². The first-order valence-corrected chi connectivity index (χ1v) is 7.95. The van der Waals surface area contributed by atoms with Gasteiger partial charge in [0, 0.05) is 25.9 Å². The van der Waals surface area contributed by atoms with Gasteiger partial charge in [-0.25, -0.2) is 4.79 Å². The van der Waals surface area contributed by atoms with Gasteiger partial charge in [-0.3, -0.25) is 4.79 Å². The van der Waals surface area contributed by atoms with Crippen molar-refractivity contribution >= 4 is 12.1 Å². The Bertz CT molecular complexity index is 471. The fourth-order valence-electron chi connectivity index (χ4n) is 3.32. The average molecular weight is 309 g/mol. The van der Waals surface area contributed by atoms with E-state index in [2.05, 4.69) is 33.8 Å². The minimum absolute atomic E-state index is 0.0128. The van der Waals surface area contributed by atoms with E-state index in [1.807, 2.05) is 0 Å². The fraction of sp³-hybridized carbons (Fsp3) is 0.765. The van der Waals surface area contributed by atoms with Gasteiger partial charge in [-0.1, -0.05) is 25.5 Å². The first kappa shape index (κ1) is 16.8. The van der Waals surface area contributed by atoms with Crippen molar-refractivity contribution in [3.05, 3.63) is 11.6 Å². The largest absolute Gasteiger partial charge is 0.462 e. The van der Waals surface area contributed by atoms with Crippen LogP contribution in [0.25, 0.3) is 0 Å². The molecule has 1 aliphatic heterocycles. The highest BCUT2D eigenvalue weighted by Crippen LogP contribution is 2.60. The molecule has 1 heterocycles.